The Morgan fingerprint density at radius 3 is 2.50 bits per heavy atom. The zero-order chi connectivity index (χ0) is 14.2. The van der Waals surface area contributed by atoms with E-state index in [1.807, 2.05) is 0 Å². The van der Waals surface area contributed by atoms with E-state index in [9.17, 15) is 8.42 Å². The number of rotatable bonds is 2. The van der Waals surface area contributed by atoms with Crippen LogP contribution in [0.2, 0.25) is 5.15 Å². The summed E-state index contributed by atoms with van der Waals surface area (Å²) >= 11 is 6.07. The molecule has 0 aromatic carbocycles. The summed E-state index contributed by atoms with van der Waals surface area (Å²) in [6, 6.07) is 5.32. The fourth-order valence-corrected chi connectivity index (χ4v) is 4.69. The fraction of sp³-hybridized carbons (Fsp3) is 0.462. The van der Waals surface area contributed by atoms with E-state index in [2.05, 4.69) is 4.98 Å². The normalized spacial score (nSPS) is 18.2. The van der Waals surface area contributed by atoms with Gasteiger partial charge in [0.2, 0.25) is 0 Å². The first-order chi connectivity index (χ1) is 9.60. The van der Waals surface area contributed by atoms with Crippen molar-refractivity contribution in [3.8, 4) is 0 Å². The van der Waals surface area contributed by atoms with E-state index in [-0.39, 0.29) is 10.2 Å². The summed E-state index contributed by atoms with van der Waals surface area (Å²) in [5.41, 5.74) is 0.547. The van der Waals surface area contributed by atoms with Crippen LogP contribution in [0.15, 0.2) is 29.4 Å². The Hall–Kier alpha value is -1.11. The zero-order valence-electron chi connectivity index (χ0n) is 11.0. The lowest BCUT2D eigenvalue weighted by molar-refractivity contribution is 0.421. The maximum absolute atomic E-state index is 12.8. The van der Waals surface area contributed by atoms with E-state index in [1.54, 1.807) is 28.8 Å². The molecule has 1 fully saturated rings. The molecule has 7 heteroatoms. The molecule has 0 saturated carbocycles. The van der Waals surface area contributed by atoms with Crippen LogP contribution in [0.25, 0.3) is 5.65 Å². The van der Waals surface area contributed by atoms with Crippen LogP contribution in [0.3, 0.4) is 0 Å². The van der Waals surface area contributed by atoms with E-state index in [0.29, 0.717) is 18.7 Å². The van der Waals surface area contributed by atoms with Gasteiger partial charge in [-0.2, -0.15) is 4.31 Å². The van der Waals surface area contributed by atoms with Crippen LogP contribution in [0, 0.1) is 0 Å². The number of fused-ring (bicyclic) bond motifs is 1. The second kappa shape index (κ2) is 5.35. The van der Waals surface area contributed by atoms with E-state index >= 15 is 0 Å². The van der Waals surface area contributed by atoms with Gasteiger partial charge >= 0.3 is 0 Å². The highest BCUT2D eigenvalue weighted by Crippen LogP contribution is 2.27. The second-order valence-corrected chi connectivity index (χ2v) is 7.17. The summed E-state index contributed by atoms with van der Waals surface area (Å²) in [5, 5.41) is 0.122. The predicted molar refractivity (Wildman–Crippen MR) is 77.4 cm³/mol. The van der Waals surface area contributed by atoms with Crippen molar-refractivity contribution in [2.75, 3.05) is 13.1 Å². The van der Waals surface area contributed by atoms with Crippen molar-refractivity contribution in [2.24, 2.45) is 0 Å². The van der Waals surface area contributed by atoms with E-state index < -0.39 is 10.0 Å². The Morgan fingerprint density at radius 2 is 1.80 bits per heavy atom. The van der Waals surface area contributed by atoms with Gasteiger partial charge in [0, 0.05) is 19.3 Å². The van der Waals surface area contributed by atoms with Crippen molar-refractivity contribution in [2.45, 2.75) is 30.7 Å². The highest BCUT2D eigenvalue weighted by atomic mass is 35.5. The summed E-state index contributed by atoms with van der Waals surface area (Å²) in [4.78, 5) is 4.12. The maximum atomic E-state index is 12.8. The van der Waals surface area contributed by atoms with E-state index in [0.717, 1.165) is 25.7 Å². The van der Waals surface area contributed by atoms with Crippen LogP contribution in [-0.4, -0.2) is 35.2 Å². The maximum Gasteiger partial charge on any atom is 0.262 e. The number of imidazole rings is 1. The average molecular weight is 314 g/mol. The van der Waals surface area contributed by atoms with Gasteiger partial charge in [-0.15, -0.1) is 0 Å². The third kappa shape index (κ3) is 2.32. The van der Waals surface area contributed by atoms with Gasteiger partial charge < -0.3 is 0 Å². The SMILES string of the molecule is O=S(=O)(c1c(Cl)nc2ccccn12)N1CCCCCC1. The van der Waals surface area contributed by atoms with Gasteiger partial charge in [-0.05, 0) is 25.0 Å². The minimum absolute atomic E-state index is 0.0421. The summed E-state index contributed by atoms with van der Waals surface area (Å²) in [6.45, 7) is 1.11. The molecule has 0 unspecified atom stereocenters. The topological polar surface area (TPSA) is 54.7 Å². The molecule has 5 nitrogen and oxygen atoms in total. The molecule has 3 rings (SSSR count). The minimum atomic E-state index is -3.60. The Kier molecular flexibility index (Phi) is 3.70. The van der Waals surface area contributed by atoms with Crippen molar-refractivity contribution in [3.63, 3.8) is 0 Å². The largest absolute Gasteiger partial charge is 0.288 e. The summed E-state index contributed by atoms with van der Waals surface area (Å²) in [7, 11) is -3.60. The molecule has 3 heterocycles. The molecule has 0 N–H and O–H groups in total. The van der Waals surface area contributed by atoms with Crippen LogP contribution in [-0.2, 0) is 10.0 Å². The Bertz CT molecular complexity index is 718. The molecule has 1 saturated heterocycles. The standard InChI is InChI=1S/C13H16ClN3O2S/c14-12-13(17-10-6-3-7-11(17)15-12)20(18,19)16-8-4-1-2-5-9-16/h3,6-7,10H,1-2,4-5,8-9H2. The lowest BCUT2D eigenvalue weighted by Crippen LogP contribution is -2.32. The molecule has 0 amide bonds. The van der Waals surface area contributed by atoms with Crippen LogP contribution in [0.5, 0.6) is 0 Å². The molecule has 0 aliphatic carbocycles. The zero-order valence-corrected chi connectivity index (χ0v) is 12.6. The van der Waals surface area contributed by atoms with Crippen molar-refractivity contribution in [3.05, 3.63) is 29.5 Å². The second-order valence-electron chi connectivity index (χ2n) is 4.95. The summed E-state index contributed by atoms with van der Waals surface area (Å²) in [5.74, 6) is 0. The molecule has 1 aliphatic heterocycles. The first kappa shape index (κ1) is 13.9. The molecule has 2 aromatic rings. The third-order valence-corrected chi connectivity index (χ3v) is 5.89. The van der Waals surface area contributed by atoms with Crippen molar-refractivity contribution < 1.29 is 8.42 Å². The van der Waals surface area contributed by atoms with Gasteiger partial charge in [0.1, 0.15) is 5.65 Å². The molecule has 0 radical (unpaired) electrons. The molecular formula is C13H16ClN3O2S. The Balaban J connectivity index is 2.11. The highest BCUT2D eigenvalue weighted by Gasteiger charge is 2.31. The number of hydrogen-bond acceptors (Lipinski definition) is 3. The number of nitrogens with zero attached hydrogens (tertiary/aromatic N) is 3. The van der Waals surface area contributed by atoms with Crippen LogP contribution in [0.4, 0.5) is 0 Å². The number of hydrogen-bond donors (Lipinski definition) is 0. The molecule has 0 spiro atoms. The average Bonchev–Trinajstić information content (AvgIpc) is 2.61. The van der Waals surface area contributed by atoms with Gasteiger partial charge in [0.05, 0.1) is 0 Å². The first-order valence-electron chi connectivity index (χ1n) is 6.73. The lowest BCUT2D eigenvalue weighted by Gasteiger charge is -2.19. The van der Waals surface area contributed by atoms with Crippen LogP contribution >= 0.6 is 11.6 Å². The highest BCUT2D eigenvalue weighted by molar-refractivity contribution is 7.89. The molecule has 0 bridgehead atoms. The van der Waals surface area contributed by atoms with E-state index in [4.69, 9.17) is 11.6 Å². The van der Waals surface area contributed by atoms with Crippen molar-refractivity contribution >= 4 is 27.3 Å². The Morgan fingerprint density at radius 1 is 1.10 bits per heavy atom. The monoisotopic (exact) mass is 313 g/mol. The van der Waals surface area contributed by atoms with Crippen LogP contribution in [0.1, 0.15) is 25.7 Å². The Labute approximate surface area is 123 Å². The van der Waals surface area contributed by atoms with Gasteiger partial charge in [0.15, 0.2) is 10.2 Å². The molecule has 1 aliphatic rings. The van der Waals surface area contributed by atoms with Gasteiger partial charge in [0.25, 0.3) is 10.0 Å². The molecule has 108 valence electrons. The van der Waals surface area contributed by atoms with Gasteiger partial charge in [-0.1, -0.05) is 30.5 Å². The fourth-order valence-electron chi connectivity index (χ4n) is 2.58. The summed E-state index contributed by atoms with van der Waals surface area (Å²) in [6.07, 6.45) is 5.62. The number of sulfonamides is 1. The molecule has 2 aromatic heterocycles. The van der Waals surface area contributed by atoms with Crippen molar-refractivity contribution in [1.29, 1.82) is 0 Å². The van der Waals surface area contributed by atoms with Gasteiger partial charge in [-0.3, -0.25) is 4.40 Å². The minimum Gasteiger partial charge on any atom is -0.288 e. The molecular weight excluding hydrogens is 298 g/mol. The third-order valence-electron chi connectivity index (χ3n) is 3.60. The number of pyridine rings is 1. The van der Waals surface area contributed by atoms with E-state index in [1.165, 1.54) is 4.31 Å². The molecule has 0 atom stereocenters. The molecule has 20 heavy (non-hydrogen) atoms. The quantitative estimate of drug-likeness (QED) is 0.856. The predicted octanol–water partition coefficient (Wildman–Crippen LogP) is 2.55. The summed E-state index contributed by atoms with van der Waals surface area (Å²) < 4.78 is 28.7. The lowest BCUT2D eigenvalue weighted by atomic mass is 10.2. The number of halogens is 1. The van der Waals surface area contributed by atoms with Gasteiger partial charge in [-0.25, -0.2) is 13.4 Å². The first-order valence-corrected chi connectivity index (χ1v) is 8.55. The smallest absolute Gasteiger partial charge is 0.262 e. The van der Waals surface area contributed by atoms with Crippen molar-refractivity contribution in [1.82, 2.24) is 13.7 Å². The number of aromatic nitrogens is 2. The van der Waals surface area contributed by atoms with Crippen LogP contribution < -0.4 is 0 Å².